The van der Waals surface area contributed by atoms with Crippen molar-refractivity contribution in [1.82, 2.24) is 4.98 Å². The lowest BCUT2D eigenvalue weighted by Crippen LogP contribution is -2.14. The van der Waals surface area contributed by atoms with E-state index >= 15 is 0 Å². The van der Waals surface area contributed by atoms with Crippen molar-refractivity contribution in [3.63, 3.8) is 0 Å². The molecule has 37 heavy (non-hydrogen) atoms. The number of pyridine rings is 1. The Hall–Kier alpha value is -4.49. The minimum Gasteiger partial charge on any atom is -0.248 e. The van der Waals surface area contributed by atoms with E-state index in [1.165, 1.54) is 60.0 Å². The van der Waals surface area contributed by atoms with Gasteiger partial charge in [-0.15, -0.1) is 0 Å². The predicted molar refractivity (Wildman–Crippen MR) is 157 cm³/mol. The Morgan fingerprint density at radius 1 is 0.541 bits per heavy atom. The average Bonchev–Trinajstić information content (AvgIpc) is 3.18. The van der Waals surface area contributed by atoms with Crippen LogP contribution in [0.15, 0.2) is 115 Å². The lowest BCUT2D eigenvalue weighted by molar-refractivity contribution is 0.661. The van der Waals surface area contributed by atoms with Crippen LogP contribution in [-0.2, 0) is 5.41 Å². The van der Waals surface area contributed by atoms with Crippen LogP contribution in [0.3, 0.4) is 0 Å². The minimum atomic E-state index is -0.0685. The third-order valence-corrected chi connectivity index (χ3v) is 8.44. The minimum absolute atomic E-state index is 0.0685. The Balaban J connectivity index is 1.49. The van der Waals surface area contributed by atoms with Gasteiger partial charge in [0.25, 0.3) is 0 Å². The fourth-order valence-corrected chi connectivity index (χ4v) is 6.62. The SMILES string of the molecule is CC1(C)c2ccc(-c3ccc4ccccc4n3)cc2-c2c1ccc1c3ccccc3c3ccccc3c21. The summed E-state index contributed by atoms with van der Waals surface area (Å²) in [4.78, 5) is 5.02. The Kier molecular flexibility index (Phi) is 4.06. The predicted octanol–water partition coefficient (Wildman–Crippen LogP) is 9.67. The van der Waals surface area contributed by atoms with Crippen LogP contribution < -0.4 is 0 Å². The van der Waals surface area contributed by atoms with Crippen LogP contribution in [0.2, 0.25) is 0 Å². The van der Waals surface area contributed by atoms with Crippen molar-refractivity contribution in [3.05, 3.63) is 126 Å². The number of nitrogens with zero attached hydrogens (tertiary/aromatic N) is 1. The van der Waals surface area contributed by atoms with E-state index in [1.807, 2.05) is 0 Å². The summed E-state index contributed by atoms with van der Waals surface area (Å²) >= 11 is 0. The maximum absolute atomic E-state index is 5.02. The van der Waals surface area contributed by atoms with Gasteiger partial charge in [0.05, 0.1) is 11.2 Å². The first kappa shape index (κ1) is 20.7. The highest BCUT2D eigenvalue weighted by molar-refractivity contribution is 6.29. The van der Waals surface area contributed by atoms with Crippen molar-refractivity contribution in [2.24, 2.45) is 0 Å². The summed E-state index contributed by atoms with van der Waals surface area (Å²) in [5.74, 6) is 0. The fraction of sp³-hybridized carbons (Fsp3) is 0.0833. The number of hydrogen-bond donors (Lipinski definition) is 0. The maximum Gasteiger partial charge on any atom is 0.0709 e. The van der Waals surface area contributed by atoms with Crippen molar-refractivity contribution in [1.29, 1.82) is 0 Å². The molecule has 8 rings (SSSR count). The van der Waals surface area contributed by atoms with Gasteiger partial charge in [0, 0.05) is 16.4 Å². The molecule has 6 aromatic carbocycles. The molecule has 1 heterocycles. The first-order valence-electron chi connectivity index (χ1n) is 13.0. The first-order valence-corrected chi connectivity index (χ1v) is 13.0. The number of hydrogen-bond acceptors (Lipinski definition) is 1. The molecule has 0 spiro atoms. The van der Waals surface area contributed by atoms with Crippen LogP contribution in [0, 0.1) is 0 Å². The first-order chi connectivity index (χ1) is 18.1. The summed E-state index contributed by atoms with van der Waals surface area (Å²) in [6, 6.07) is 42.1. The van der Waals surface area contributed by atoms with Crippen LogP contribution in [0.5, 0.6) is 0 Å². The van der Waals surface area contributed by atoms with E-state index in [-0.39, 0.29) is 5.41 Å². The van der Waals surface area contributed by atoms with Crippen molar-refractivity contribution in [2.45, 2.75) is 19.3 Å². The number of para-hydroxylation sites is 1. The fourth-order valence-electron chi connectivity index (χ4n) is 6.62. The molecule has 0 radical (unpaired) electrons. The highest BCUT2D eigenvalue weighted by Gasteiger charge is 2.37. The van der Waals surface area contributed by atoms with Gasteiger partial charge < -0.3 is 0 Å². The number of rotatable bonds is 1. The lowest BCUT2D eigenvalue weighted by atomic mass is 9.81. The van der Waals surface area contributed by atoms with Gasteiger partial charge in [0.1, 0.15) is 0 Å². The van der Waals surface area contributed by atoms with E-state index in [0.717, 1.165) is 16.8 Å². The number of benzene rings is 6. The maximum atomic E-state index is 5.02. The second-order valence-corrected chi connectivity index (χ2v) is 10.8. The lowest BCUT2D eigenvalue weighted by Gasteiger charge is -2.22. The topological polar surface area (TPSA) is 12.9 Å². The normalized spacial score (nSPS) is 13.9. The standard InChI is InChI=1S/C36H25N/c1-36(2)30-18-15-23(33-20-16-22-9-3-8-14-32(22)37-33)21-29(30)35-31(36)19-17-28-26-12-5-4-10-24(26)25-11-6-7-13-27(25)34(28)35/h3-21H,1-2H3. The Labute approximate surface area is 216 Å². The van der Waals surface area contributed by atoms with Crippen molar-refractivity contribution in [3.8, 4) is 22.4 Å². The molecule has 1 aliphatic carbocycles. The molecule has 0 aliphatic heterocycles. The van der Waals surface area contributed by atoms with Crippen LogP contribution in [0.4, 0.5) is 0 Å². The number of aromatic nitrogens is 1. The second kappa shape index (κ2) is 7.27. The zero-order chi connectivity index (χ0) is 24.7. The quantitative estimate of drug-likeness (QED) is 0.217. The molecule has 0 N–H and O–H groups in total. The molecular formula is C36H25N. The smallest absolute Gasteiger partial charge is 0.0709 e. The van der Waals surface area contributed by atoms with Crippen molar-refractivity contribution < 1.29 is 0 Å². The van der Waals surface area contributed by atoms with Gasteiger partial charge in [-0.3, -0.25) is 0 Å². The third kappa shape index (κ3) is 2.77. The van der Waals surface area contributed by atoms with E-state index in [4.69, 9.17) is 4.98 Å². The molecule has 0 atom stereocenters. The van der Waals surface area contributed by atoms with Gasteiger partial charge in [-0.25, -0.2) is 4.98 Å². The molecule has 1 aliphatic rings. The van der Waals surface area contributed by atoms with Gasteiger partial charge in [-0.1, -0.05) is 111 Å². The zero-order valence-electron chi connectivity index (χ0n) is 20.9. The van der Waals surface area contributed by atoms with E-state index in [9.17, 15) is 0 Å². The molecule has 0 amide bonds. The molecule has 174 valence electrons. The molecule has 0 saturated carbocycles. The molecule has 7 aromatic rings. The van der Waals surface area contributed by atoms with Crippen molar-refractivity contribution >= 4 is 43.2 Å². The Morgan fingerprint density at radius 2 is 1.16 bits per heavy atom. The van der Waals surface area contributed by atoms with E-state index in [2.05, 4.69) is 129 Å². The molecule has 1 aromatic heterocycles. The average molecular weight is 472 g/mol. The molecule has 0 bridgehead atoms. The van der Waals surface area contributed by atoms with Gasteiger partial charge >= 0.3 is 0 Å². The van der Waals surface area contributed by atoms with E-state index in [1.54, 1.807) is 0 Å². The third-order valence-electron chi connectivity index (χ3n) is 8.44. The summed E-state index contributed by atoms with van der Waals surface area (Å²) in [6.45, 7) is 4.72. The van der Waals surface area contributed by atoms with Gasteiger partial charge in [0.2, 0.25) is 0 Å². The van der Waals surface area contributed by atoms with Gasteiger partial charge in [0.15, 0.2) is 0 Å². The van der Waals surface area contributed by atoms with Crippen LogP contribution in [0.1, 0.15) is 25.0 Å². The largest absolute Gasteiger partial charge is 0.248 e. The Bertz CT molecular complexity index is 2030. The van der Waals surface area contributed by atoms with E-state index in [0.29, 0.717) is 0 Å². The van der Waals surface area contributed by atoms with Gasteiger partial charge in [-0.2, -0.15) is 0 Å². The van der Waals surface area contributed by atoms with Gasteiger partial charge in [-0.05, 0) is 72.8 Å². The molecular weight excluding hydrogens is 446 g/mol. The van der Waals surface area contributed by atoms with Crippen LogP contribution in [-0.4, -0.2) is 4.98 Å². The van der Waals surface area contributed by atoms with E-state index < -0.39 is 0 Å². The summed E-state index contributed by atoms with van der Waals surface area (Å²) in [6.07, 6.45) is 0. The molecule has 0 saturated heterocycles. The summed E-state index contributed by atoms with van der Waals surface area (Å²) in [7, 11) is 0. The highest BCUT2D eigenvalue weighted by Crippen LogP contribution is 2.54. The second-order valence-electron chi connectivity index (χ2n) is 10.8. The van der Waals surface area contributed by atoms with Crippen molar-refractivity contribution in [2.75, 3.05) is 0 Å². The molecule has 1 nitrogen and oxygen atoms in total. The van der Waals surface area contributed by atoms with Crippen LogP contribution in [0.25, 0.3) is 65.6 Å². The summed E-state index contributed by atoms with van der Waals surface area (Å²) < 4.78 is 0. The molecule has 1 heteroatoms. The molecule has 0 unspecified atom stereocenters. The zero-order valence-corrected chi connectivity index (χ0v) is 20.9. The Morgan fingerprint density at radius 3 is 1.95 bits per heavy atom. The number of fused-ring (bicyclic) bond motifs is 11. The van der Waals surface area contributed by atoms with Crippen LogP contribution >= 0.6 is 0 Å². The molecule has 0 fully saturated rings. The summed E-state index contributed by atoms with van der Waals surface area (Å²) in [5, 5.41) is 9.13. The highest BCUT2D eigenvalue weighted by atomic mass is 14.7. The summed E-state index contributed by atoms with van der Waals surface area (Å²) in [5.41, 5.74) is 8.64. The monoisotopic (exact) mass is 471 g/mol.